The molecule has 11 heavy (non-hydrogen) atoms. The van der Waals surface area contributed by atoms with Gasteiger partial charge in [-0.3, -0.25) is 4.79 Å². The molecule has 0 aromatic rings. The number of carbonyl (C=O) groups is 1. The monoisotopic (exact) mass is 231 g/mol. The third-order valence-electron chi connectivity index (χ3n) is 0. The molecule has 13 N–H and O–H groups in total. The molecule has 0 aromatic heterocycles. The molecule has 0 heterocycles. The van der Waals surface area contributed by atoms with Crippen LogP contribution in [0, 0.1) is 0 Å². The second kappa shape index (κ2) is 98.7. The van der Waals surface area contributed by atoms with Gasteiger partial charge in [-0.15, -0.1) is 0 Å². The molecular weight excluding hydrogens is 216 g/mol. The van der Waals surface area contributed by atoms with Crippen molar-refractivity contribution in [1.82, 2.24) is 0 Å². The zero-order valence-electron chi connectivity index (χ0n) is 5.66. The van der Waals surface area contributed by atoms with Crippen LogP contribution < -0.4 is 0 Å². The number of aliphatic carboxylic acids is 1. The first-order chi connectivity index (χ1) is 1.73. The quantitative estimate of drug-likeness (QED) is 0.404. The van der Waals surface area contributed by atoms with E-state index >= 15 is 0 Å². The number of carboxylic acids is 1. The molecule has 0 aliphatic carbocycles. The molecule has 0 saturated carbocycles. The Bertz CT molecular complexity index is 35.1. The van der Waals surface area contributed by atoms with Gasteiger partial charge in [0.05, 0.1) is 0 Å². The minimum atomic E-state index is -0.833. The van der Waals surface area contributed by atoms with Gasteiger partial charge in [0, 0.05) is 24.0 Å². The molecular formula is C2H16CuO8. The summed E-state index contributed by atoms with van der Waals surface area (Å²) < 4.78 is 0. The van der Waals surface area contributed by atoms with E-state index in [1.54, 1.807) is 0 Å². The third-order valence-corrected chi connectivity index (χ3v) is 0. The molecule has 0 aromatic carbocycles. The van der Waals surface area contributed by atoms with Crippen molar-refractivity contribution in [2.75, 3.05) is 0 Å². The van der Waals surface area contributed by atoms with E-state index in [4.69, 9.17) is 9.90 Å². The van der Waals surface area contributed by atoms with E-state index in [1.807, 2.05) is 0 Å². The predicted molar refractivity (Wildman–Crippen MR) is 35.0 cm³/mol. The summed E-state index contributed by atoms with van der Waals surface area (Å²) in [5, 5.41) is 7.42. The normalized spacial score (nSPS) is 2.27. The molecule has 0 amide bonds. The SMILES string of the molecule is CC(=O)O.O.O.O.O.O.O.[Cu]. The van der Waals surface area contributed by atoms with Gasteiger partial charge in [-0.05, 0) is 0 Å². The first-order valence-electron chi connectivity index (χ1n) is 0.928. The maximum absolute atomic E-state index is 9.00. The van der Waals surface area contributed by atoms with Crippen molar-refractivity contribution < 1.29 is 59.8 Å². The van der Waals surface area contributed by atoms with Gasteiger partial charge in [0.15, 0.2) is 0 Å². The van der Waals surface area contributed by atoms with Crippen LogP contribution in [-0.4, -0.2) is 43.9 Å². The van der Waals surface area contributed by atoms with Crippen molar-refractivity contribution in [1.29, 1.82) is 0 Å². The maximum atomic E-state index is 9.00. The van der Waals surface area contributed by atoms with Crippen LogP contribution in [-0.2, 0) is 21.9 Å². The van der Waals surface area contributed by atoms with E-state index in [0.29, 0.717) is 0 Å². The first-order valence-corrected chi connectivity index (χ1v) is 0.928. The Morgan fingerprint density at radius 2 is 0.909 bits per heavy atom. The van der Waals surface area contributed by atoms with Crippen molar-refractivity contribution in [2.45, 2.75) is 6.92 Å². The molecule has 0 aliphatic rings. The second-order valence-electron chi connectivity index (χ2n) is 0.519. The summed E-state index contributed by atoms with van der Waals surface area (Å²) in [6, 6.07) is 0. The molecule has 0 atom stereocenters. The zero-order valence-corrected chi connectivity index (χ0v) is 6.60. The average molecular weight is 232 g/mol. The summed E-state index contributed by atoms with van der Waals surface area (Å²) in [6.07, 6.45) is 0. The molecule has 0 saturated heterocycles. The fourth-order valence-corrected chi connectivity index (χ4v) is 0. The van der Waals surface area contributed by atoms with Crippen molar-refractivity contribution in [2.24, 2.45) is 0 Å². The van der Waals surface area contributed by atoms with E-state index in [1.165, 1.54) is 0 Å². The van der Waals surface area contributed by atoms with E-state index in [0.717, 1.165) is 6.92 Å². The Labute approximate surface area is 73.5 Å². The summed E-state index contributed by atoms with van der Waals surface area (Å²) in [6.45, 7) is 1.08. The zero-order chi connectivity index (χ0) is 3.58. The second-order valence-corrected chi connectivity index (χ2v) is 0.519. The Morgan fingerprint density at radius 1 is 0.909 bits per heavy atom. The van der Waals surface area contributed by atoms with Crippen LogP contribution in [0.3, 0.4) is 0 Å². The topological polar surface area (TPSA) is 226 Å². The molecule has 0 unspecified atom stereocenters. The Hall–Kier alpha value is -0.251. The van der Waals surface area contributed by atoms with Crippen LogP contribution in [0.5, 0.6) is 0 Å². The van der Waals surface area contributed by atoms with Gasteiger partial charge in [0.2, 0.25) is 0 Å². The Morgan fingerprint density at radius 3 is 0.909 bits per heavy atom. The fourth-order valence-electron chi connectivity index (χ4n) is 0. The van der Waals surface area contributed by atoms with Crippen molar-refractivity contribution in [3.8, 4) is 0 Å². The summed E-state index contributed by atoms with van der Waals surface area (Å²) in [5.41, 5.74) is 0. The van der Waals surface area contributed by atoms with E-state index < -0.39 is 5.97 Å². The maximum Gasteiger partial charge on any atom is 0.300 e. The molecule has 1 radical (unpaired) electrons. The number of carboxylic acid groups (broad SMARTS) is 1. The Balaban J connectivity index is -0.00000000214. The van der Waals surface area contributed by atoms with Crippen molar-refractivity contribution in [3.63, 3.8) is 0 Å². The molecule has 0 fully saturated rings. The van der Waals surface area contributed by atoms with Crippen LogP contribution in [0.1, 0.15) is 6.92 Å². The van der Waals surface area contributed by atoms with Crippen LogP contribution >= 0.6 is 0 Å². The van der Waals surface area contributed by atoms with Crippen LogP contribution in [0.15, 0.2) is 0 Å². The average Bonchev–Trinajstić information content (AvgIpc) is 0.811. The number of rotatable bonds is 0. The third kappa shape index (κ3) is 9330. The number of hydrogen-bond donors (Lipinski definition) is 1. The van der Waals surface area contributed by atoms with Gasteiger partial charge in [-0.25, -0.2) is 0 Å². The molecule has 0 spiro atoms. The largest absolute Gasteiger partial charge is 0.481 e. The minimum Gasteiger partial charge on any atom is -0.481 e. The van der Waals surface area contributed by atoms with E-state index in [2.05, 4.69) is 0 Å². The predicted octanol–water partition coefficient (Wildman–Crippen LogP) is -4.86. The van der Waals surface area contributed by atoms with Gasteiger partial charge in [0.25, 0.3) is 5.97 Å². The standard InChI is InChI=1S/C2H4O2.Cu.6H2O/c1-2(3)4;;;;;;;/h1H3,(H,3,4);;6*1H2. The summed E-state index contributed by atoms with van der Waals surface area (Å²) >= 11 is 0. The first kappa shape index (κ1) is 135. The smallest absolute Gasteiger partial charge is 0.300 e. The minimum absolute atomic E-state index is 0. The summed E-state index contributed by atoms with van der Waals surface area (Å²) in [5.74, 6) is -0.833. The van der Waals surface area contributed by atoms with Gasteiger partial charge >= 0.3 is 0 Å². The van der Waals surface area contributed by atoms with Crippen LogP contribution in [0.25, 0.3) is 0 Å². The van der Waals surface area contributed by atoms with Gasteiger partial charge in [0.1, 0.15) is 0 Å². The van der Waals surface area contributed by atoms with Crippen LogP contribution in [0.4, 0.5) is 0 Å². The summed E-state index contributed by atoms with van der Waals surface area (Å²) in [4.78, 5) is 9.00. The molecule has 8 nitrogen and oxygen atoms in total. The molecule has 9 heteroatoms. The number of hydrogen-bond acceptors (Lipinski definition) is 1. The molecule has 0 rings (SSSR count). The molecule has 0 aliphatic heterocycles. The van der Waals surface area contributed by atoms with Gasteiger partial charge < -0.3 is 38.0 Å². The van der Waals surface area contributed by atoms with E-state index in [-0.39, 0.29) is 49.9 Å². The van der Waals surface area contributed by atoms with Gasteiger partial charge in [-0.2, -0.15) is 0 Å². The fraction of sp³-hybridized carbons (Fsp3) is 0.500. The summed E-state index contributed by atoms with van der Waals surface area (Å²) in [7, 11) is 0. The van der Waals surface area contributed by atoms with Gasteiger partial charge in [-0.1, -0.05) is 0 Å². The van der Waals surface area contributed by atoms with Crippen molar-refractivity contribution >= 4 is 5.97 Å². The molecule has 83 valence electrons. The molecule has 0 bridgehead atoms. The van der Waals surface area contributed by atoms with Crippen LogP contribution in [0.2, 0.25) is 0 Å². The van der Waals surface area contributed by atoms with Crippen molar-refractivity contribution in [3.05, 3.63) is 0 Å². The Kier molecular flexibility index (Phi) is 1210. The van der Waals surface area contributed by atoms with E-state index in [9.17, 15) is 0 Å².